The van der Waals surface area contributed by atoms with Gasteiger partial charge in [0.05, 0.1) is 6.10 Å². The van der Waals surface area contributed by atoms with Gasteiger partial charge < -0.3 is 10.5 Å². The third kappa shape index (κ3) is 2.97. The molecule has 0 spiro atoms. The van der Waals surface area contributed by atoms with Crippen LogP contribution in [0.5, 0.6) is 0 Å². The molecular weight excluding hydrogens is 162 g/mol. The number of rotatable bonds is 2. The molecule has 1 aliphatic rings. The monoisotopic (exact) mass is 179 g/mol. The smallest absolute Gasteiger partial charge is 0.0611 e. The van der Waals surface area contributed by atoms with Gasteiger partial charge in [0.1, 0.15) is 0 Å². The minimum atomic E-state index is 0. The zero-order valence-corrected chi connectivity index (χ0v) is 7.90. The Morgan fingerprint density at radius 3 is 2.45 bits per heavy atom. The minimum Gasteiger partial charge on any atom is -0.381 e. The summed E-state index contributed by atoms with van der Waals surface area (Å²) >= 11 is 0. The molecule has 0 heterocycles. The van der Waals surface area contributed by atoms with Crippen molar-refractivity contribution >= 4 is 12.4 Å². The summed E-state index contributed by atoms with van der Waals surface area (Å²) < 4.78 is 5.31. The van der Waals surface area contributed by atoms with E-state index >= 15 is 0 Å². The Morgan fingerprint density at radius 1 is 1.36 bits per heavy atom. The van der Waals surface area contributed by atoms with Gasteiger partial charge >= 0.3 is 0 Å². The summed E-state index contributed by atoms with van der Waals surface area (Å²) in [5, 5.41) is 0. The van der Waals surface area contributed by atoms with E-state index in [0.717, 1.165) is 6.54 Å². The van der Waals surface area contributed by atoms with Crippen LogP contribution in [-0.2, 0) is 4.74 Å². The van der Waals surface area contributed by atoms with Crippen molar-refractivity contribution in [1.82, 2.24) is 0 Å². The Morgan fingerprint density at radius 2 is 2.00 bits per heavy atom. The van der Waals surface area contributed by atoms with Crippen molar-refractivity contribution in [3.8, 4) is 0 Å². The molecule has 1 rings (SSSR count). The fourth-order valence-electron chi connectivity index (χ4n) is 1.75. The van der Waals surface area contributed by atoms with E-state index in [1.165, 1.54) is 25.7 Å². The molecule has 0 amide bonds. The van der Waals surface area contributed by atoms with Crippen molar-refractivity contribution in [2.45, 2.75) is 31.8 Å². The van der Waals surface area contributed by atoms with E-state index in [0.29, 0.717) is 12.0 Å². The Kier molecular flexibility index (Phi) is 5.92. The molecule has 2 nitrogen and oxygen atoms in total. The van der Waals surface area contributed by atoms with Crippen molar-refractivity contribution in [2.75, 3.05) is 13.7 Å². The largest absolute Gasteiger partial charge is 0.381 e. The maximum atomic E-state index is 5.59. The average molecular weight is 180 g/mol. The van der Waals surface area contributed by atoms with E-state index in [9.17, 15) is 0 Å². The topological polar surface area (TPSA) is 35.2 Å². The van der Waals surface area contributed by atoms with Crippen molar-refractivity contribution < 1.29 is 4.74 Å². The summed E-state index contributed by atoms with van der Waals surface area (Å²) in [4.78, 5) is 0. The van der Waals surface area contributed by atoms with Crippen LogP contribution < -0.4 is 5.73 Å². The van der Waals surface area contributed by atoms with E-state index in [2.05, 4.69) is 0 Å². The van der Waals surface area contributed by atoms with Crippen LogP contribution in [0.3, 0.4) is 0 Å². The predicted molar refractivity (Wildman–Crippen MR) is 49.1 cm³/mol. The SMILES string of the molecule is CO[C@@H]1CCCC[C@H]1CN.Cl. The lowest BCUT2D eigenvalue weighted by Gasteiger charge is -2.29. The highest BCUT2D eigenvalue weighted by molar-refractivity contribution is 5.85. The van der Waals surface area contributed by atoms with Gasteiger partial charge in [-0.3, -0.25) is 0 Å². The van der Waals surface area contributed by atoms with Gasteiger partial charge in [0.15, 0.2) is 0 Å². The molecule has 0 radical (unpaired) electrons. The molecular formula is C8H18ClNO. The summed E-state index contributed by atoms with van der Waals surface area (Å²) in [6.45, 7) is 0.790. The molecule has 0 bridgehead atoms. The second-order valence-electron chi connectivity index (χ2n) is 3.05. The molecule has 0 unspecified atom stereocenters. The molecule has 2 atom stereocenters. The van der Waals surface area contributed by atoms with Crippen LogP contribution >= 0.6 is 12.4 Å². The maximum Gasteiger partial charge on any atom is 0.0611 e. The summed E-state index contributed by atoms with van der Waals surface area (Å²) in [5.74, 6) is 0.624. The first-order valence-electron chi connectivity index (χ1n) is 4.11. The Balaban J connectivity index is 0.000001000. The van der Waals surface area contributed by atoms with Crippen LogP contribution in [0.2, 0.25) is 0 Å². The van der Waals surface area contributed by atoms with Crippen molar-refractivity contribution in [3.63, 3.8) is 0 Å². The van der Waals surface area contributed by atoms with E-state index in [4.69, 9.17) is 10.5 Å². The molecule has 2 N–H and O–H groups in total. The molecule has 0 aliphatic heterocycles. The first-order chi connectivity index (χ1) is 4.88. The van der Waals surface area contributed by atoms with Crippen LogP contribution in [0.1, 0.15) is 25.7 Å². The summed E-state index contributed by atoms with van der Waals surface area (Å²) in [6.07, 6.45) is 5.56. The normalized spacial score (nSPS) is 31.1. The Bertz CT molecular complexity index is 88.1. The second kappa shape index (κ2) is 5.81. The van der Waals surface area contributed by atoms with E-state index < -0.39 is 0 Å². The number of halogens is 1. The van der Waals surface area contributed by atoms with E-state index in [1.54, 1.807) is 7.11 Å². The highest BCUT2D eigenvalue weighted by atomic mass is 35.5. The van der Waals surface area contributed by atoms with E-state index in [1.807, 2.05) is 0 Å². The second-order valence-corrected chi connectivity index (χ2v) is 3.05. The van der Waals surface area contributed by atoms with Crippen molar-refractivity contribution in [1.29, 1.82) is 0 Å². The van der Waals surface area contributed by atoms with Gasteiger partial charge in [-0.25, -0.2) is 0 Å². The molecule has 1 aliphatic carbocycles. The Hall–Kier alpha value is 0.210. The molecule has 0 saturated heterocycles. The molecule has 3 heteroatoms. The van der Waals surface area contributed by atoms with Gasteiger partial charge in [0, 0.05) is 7.11 Å². The van der Waals surface area contributed by atoms with Gasteiger partial charge in [-0.2, -0.15) is 0 Å². The van der Waals surface area contributed by atoms with Gasteiger partial charge in [0.2, 0.25) is 0 Å². The van der Waals surface area contributed by atoms with Gasteiger partial charge in [-0.15, -0.1) is 12.4 Å². The minimum absolute atomic E-state index is 0. The highest BCUT2D eigenvalue weighted by Crippen LogP contribution is 2.25. The fraction of sp³-hybridized carbons (Fsp3) is 1.00. The predicted octanol–water partition coefficient (Wildman–Crippen LogP) is 1.57. The van der Waals surface area contributed by atoms with Crippen LogP contribution in [0.25, 0.3) is 0 Å². The number of ether oxygens (including phenoxy) is 1. The molecule has 0 aromatic carbocycles. The average Bonchev–Trinajstić information content (AvgIpc) is 2.04. The molecule has 68 valence electrons. The van der Waals surface area contributed by atoms with Crippen LogP contribution in [0.15, 0.2) is 0 Å². The summed E-state index contributed by atoms with van der Waals surface area (Å²) in [5.41, 5.74) is 5.59. The van der Waals surface area contributed by atoms with E-state index in [-0.39, 0.29) is 12.4 Å². The Labute approximate surface area is 74.9 Å². The van der Waals surface area contributed by atoms with Crippen molar-refractivity contribution in [3.05, 3.63) is 0 Å². The number of hydrogen-bond donors (Lipinski definition) is 1. The maximum absolute atomic E-state index is 5.59. The van der Waals surface area contributed by atoms with Gasteiger partial charge in [-0.1, -0.05) is 12.8 Å². The molecule has 0 aromatic rings. The fourth-order valence-corrected chi connectivity index (χ4v) is 1.75. The number of hydrogen-bond acceptors (Lipinski definition) is 2. The van der Waals surface area contributed by atoms with Crippen LogP contribution in [0.4, 0.5) is 0 Å². The zero-order chi connectivity index (χ0) is 7.40. The van der Waals surface area contributed by atoms with Gasteiger partial charge in [0.25, 0.3) is 0 Å². The molecule has 1 saturated carbocycles. The lowest BCUT2D eigenvalue weighted by Crippen LogP contribution is -2.32. The van der Waals surface area contributed by atoms with Gasteiger partial charge in [-0.05, 0) is 25.3 Å². The summed E-state index contributed by atoms with van der Waals surface area (Å²) in [7, 11) is 1.79. The van der Waals surface area contributed by atoms with Crippen molar-refractivity contribution in [2.24, 2.45) is 11.7 Å². The molecule has 11 heavy (non-hydrogen) atoms. The third-order valence-electron chi connectivity index (χ3n) is 2.44. The lowest BCUT2D eigenvalue weighted by atomic mass is 9.86. The molecule has 0 aromatic heterocycles. The quantitative estimate of drug-likeness (QED) is 0.699. The highest BCUT2D eigenvalue weighted by Gasteiger charge is 2.22. The number of nitrogens with two attached hydrogens (primary N) is 1. The molecule has 1 fully saturated rings. The lowest BCUT2D eigenvalue weighted by molar-refractivity contribution is 0.0272. The van der Waals surface area contributed by atoms with Crippen LogP contribution in [-0.4, -0.2) is 19.8 Å². The first kappa shape index (κ1) is 11.2. The summed E-state index contributed by atoms with van der Waals surface area (Å²) in [6, 6.07) is 0. The number of methoxy groups -OCH3 is 1. The first-order valence-corrected chi connectivity index (χ1v) is 4.11. The standard InChI is InChI=1S/C8H17NO.ClH/c1-10-8-5-3-2-4-7(8)6-9;/h7-8H,2-6,9H2,1H3;1H/t7-,8+;/m0./s1. The zero-order valence-electron chi connectivity index (χ0n) is 7.08. The van der Waals surface area contributed by atoms with Crippen LogP contribution in [0, 0.1) is 5.92 Å². The third-order valence-corrected chi connectivity index (χ3v) is 2.44.